The summed E-state index contributed by atoms with van der Waals surface area (Å²) in [5.74, 6) is 0. The van der Waals surface area contributed by atoms with Crippen LogP contribution < -0.4 is 0 Å². The Hall–Kier alpha value is 2.40. The SMILES string of the molecule is O=S(=O)([O-])[O-].[Ca+2].[Dy]. The molecule has 0 atom stereocenters. The van der Waals surface area contributed by atoms with Crippen LogP contribution in [0.1, 0.15) is 0 Å². The molecule has 0 saturated carbocycles. The molecule has 42 valence electrons. The minimum absolute atomic E-state index is 0. The summed E-state index contributed by atoms with van der Waals surface area (Å²) < 4.78 is 34.1. The van der Waals surface area contributed by atoms with E-state index in [9.17, 15) is 0 Å². The van der Waals surface area contributed by atoms with E-state index in [4.69, 9.17) is 17.5 Å². The maximum atomic E-state index is 8.52. The van der Waals surface area contributed by atoms with E-state index in [-0.39, 0.29) is 75.9 Å². The third-order valence-electron chi connectivity index (χ3n) is 0. The van der Waals surface area contributed by atoms with E-state index in [0.29, 0.717) is 0 Å². The van der Waals surface area contributed by atoms with Crippen LogP contribution in [0.2, 0.25) is 0 Å². The van der Waals surface area contributed by atoms with Gasteiger partial charge in [0.2, 0.25) is 0 Å². The molecule has 0 N–H and O–H groups in total. The zero-order valence-electron chi connectivity index (χ0n) is 3.06. The second kappa shape index (κ2) is 6.52. The maximum absolute atomic E-state index is 8.52. The molecule has 0 fully saturated rings. The summed E-state index contributed by atoms with van der Waals surface area (Å²) >= 11 is 0. The largest absolute Gasteiger partial charge is 2.00 e. The molecule has 0 heterocycles. The van der Waals surface area contributed by atoms with E-state index in [0.717, 1.165) is 0 Å². The summed E-state index contributed by atoms with van der Waals surface area (Å²) in [6.07, 6.45) is 0. The molecule has 0 amide bonds. The molecule has 0 aliphatic rings. The molecule has 0 radical (unpaired) electrons. The molecule has 0 bridgehead atoms. The molecular weight excluding hydrogens is 299 g/mol. The topological polar surface area (TPSA) is 80.3 Å². The molecule has 0 unspecified atom stereocenters. The second-order valence-corrected chi connectivity index (χ2v) is 1.22. The average Bonchev–Trinajstić information content (AvgIpc) is 0.722. The molecule has 7 heteroatoms. The zero-order valence-corrected chi connectivity index (χ0v) is 8.12. The summed E-state index contributed by atoms with van der Waals surface area (Å²) in [5, 5.41) is 0. The fourth-order valence-electron chi connectivity index (χ4n) is 0. The van der Waals surface area contributed by atoms with Crippen molar-refractivity contribution in [3.63, 3.8) is 0 Å². The summed E-state index contributed by atoms with van der Waals surface area (Å²) in [4.78, 5) is 0. The molecule has 0 saturated heterocycles. The number of rotatable bonds is 0. The van der Waals surface area contributed by atoms with Crippen LogP contribution in [0.3, 0.4) is 0 Å². The number of hydrogen-bond donors (Lipinski definition) is 0. The van der Waals surface area contributed by atoms with Crippen molar-refractivity contribution in [1.82, 2.24) is 0 Å². The zero-order chi connectivity index (χ0) is 4.50. The van der Waals surface area contributed by atoms with E-state index in [1.165, 1.54) is 0 Å². The molecule has 0 rings (SSSR count). The first kappa shape index (κ1) is 16.2. The molecule has 0 spiro atoms. The molecular formula is CaDyO4S. The first-order valence-electron chi connectivity index (χ1n) is 0.667. The van der Waals surface area contributed by atoms with Gasteiger partial charge < -0.3 is 9.11 Å². The molecule has 0 aromatic rings. The van der Waals surface area contributed by atoms with Crippen molar-refractivity contribution in [2.75, 3.05) is 0 Å². The van der Waals surface area contributed by atoms with Crippen molar-refractivity contribution >= 4 is 48.1 Å². The van der Waals surface area contributed by atoms with E-state index in [1.54, 1.807) is 0 Å². The fraction of sp³-hybridized carbons (Fsp3) is 0. The minimum atomic E-state index is -5.17. The predicted octanol–water partition coefficient (Wildman–Crippen LogP) is -1.72. The van der Waals surface area contributed by atoms with Gasteiger partial charge in [0.25, 0.3) is 0 Å². The molecule has 0 aromatic heterocycles. The van der Waals surface area contributed by atoms with Crippen molar-refractivity contribution in [2.24, 2.45) is 0 Å². The predicted molar refractivity (Wildman–Crippen MR) is 16.2 cm³/mol. The Morgan fingerprint density at radius 3 is 1.14 bits per heavy atom. The monoisotopic (exact) mass is 300 g/mol. The van der Waals surface area contributed by atoms with Gasteiger partial charge in [0.15, 0.2) is 0 Å². The van der Waals surface area contributed by atoms with Gasteiger partial charge in [-0.25, -0.2) is 0 Å². The molecule has 7 heavy (non-hydrogen) atoms. The average molecular weight is 299 g/mol. The molecule has 0 aromatic carbocycles. The third kappa shape index (κ3) is 59.7. The molecule has 0 aliphatic heterocycles. The first-order chi connectivity index (χ1) is 2.00. The van der Waals surface area contributed by atoms with Crippen LogP contribution in [0.15, 0.2) is 0 Å². The van der Waals surface area contributed by atoms with E-state index in [1.807, 2.05) is 0 Å². The van der Waals surface area contributed by atoms with Crippen molar-refractivity contribution in [3.8, 4) is 0 Å². The van der Waals surface area contributed by atoms with Crippen molar-refractivity contribution in [3.05, 3.63) is 0 Å². The Bertz CT molecular complexity index is 94.9. The van der Waals surface area contributed by atoms with Gasteiger partial charge in [-0.05, 0) is 0 Å². The third-order valence-corrected chi connectivity index (χ3v) is 0. The van der Waals surface area contributed by atoms with Gasteiger partial charge in [0.1, 0.15) is 0 Å². The van der Waals surface area contributed by atoms with Gasteiger partial charge in [-0.1, -0.05) is 0 Å². The Balaban J connectivity index is -0.0000000800. The Kier molecular flexibility index (Phi) is 15.1. The molecule has 0 aliphatic carbocycles. The van der Waals surface area contributed by atoms with Crippen LogP contribution >= 0.6 is 0 Å². The first-order valence-corrected chi connectivity index (χ1v) is 2.00. The minimum Gasteiger partial charge on any atom is -0.759 e. The Labute approximate surface area is 102 Å². The van der Waals surface area contributed by atoms with Crippen molar-refractivity contribution in [1.29, 1.82) is 0 Å². The van der Waals surface area contributed by atoms with Gasteiger partial charge in [-0.3, -0.25) is 8.42 Å². The van der Waals surface area contributed by atoms with Crippen LogP contribution in [0.4, 0.5) is 0 Å². The maximum Gasteiger partial charge on any atom is 2.00 e. The van der Waals surface area contributed by atoms with Crippen molar-refractivity contribution < 1.29 is 55.7 Å². The summed E-state index contributed by atoms with van der Waals surface area (Å²) in [5.41, 5.74) is 0. The van der Waals surface area contributed by atoms with E-state index >= 15 is 0 Å². The van der Waals surface area contributed by atoms with Crippen molar-refractivity contribution in [2.45, 2.75) is 0 Å². The standard InChI is InChI=1S/Ca.Dy.H2O4S/c;;1-5(2,3)4/h;;(H2,1,2,3,4)/q+2;;/p-2. The normalized spacial score (nSPS) is 8.29. The second-order valence-electron chi connectivity index (χ2n) is 0.408. The Morgan fingerprint density at radius 1 is 1.14 bits per heavy atom. The quantitative estimate of drug-likeness (QED) is 0.303. The van der Waals surface area contributed by atoms with Crippen LogP contribution in [0.5, 0.6) is 0 Å². The summed E-state index contributed by atoms with van der Waals surface area (Å²) in [7, 11) is -5.17. The van der Waals surface area contributed by atoms with Crippen LogP contribution in [-0.2, 0) is 10.4 Å². The van der Waals surface area contributed by atoms with Crippen LogP contribution in [0.25, 0.3) is 0 Å². The van der Waals surface area contributed by atoms with Gasteiger partial charge >= 0.3 is 37.7 Å². The van der Waals surface area contributed by atoms with Gasteiger partial charge in [0, 0.05) is 48.6 Å². The fourth-order valence-corrected chi connectivity index (χ4v) is 0. The summed E-state index contributed by atoms with van der Waals surface area (Å²) in [6.45, 7) is 0. The van der Waals surface area contributed by atoms with E-state index in [2.05, 4.69) is 0 Å². The van der Waals surface area contributed by atoms with Gasteiger partial charge in [-0.15, -0.1) is 0 Å². The molecule has 4 nitrogen and oxygen atoms in total. The van der Waals surface area contributed by atoms with Crippen LogP contribution in [-0.4, -0.2) is 55.3 Å². The number of hydrogen-bond acceptors (Lipinski definition) is 4. The van der Waals surface area contributed by atoms with Crippen LogP contribution in [0, 0.1) is 38.2 Å². The summed E-state index contributed by atoms with van der Waals surface area (Å²) in [6, 6.07) is 0. The smallest absolute Gasteiger partial charge is 0.759 e. The Morgan fingerprint density at radius 2 is 1.14 bits per heavy atom. The van der Waals surface area contributed by atoms with E-state index < -0.39 is 10.4 Å². The van der Waals surface area contributed by atoms with Gasteiger partial charge in [0.05, 0.1) is 0 Å². The van der Waals surface area contributed by atoms with Gasteiger partial charge in [-0.2, -0.15) is 0 Å².